The molecular weight excluding hydrogens is 479 g/mol. The number of ether oxygens (including phenoxy) is 1. The van der Waals surface area contributed by atoms with Gasteiger partial charge in [-0.05, 0) is 49.4 Å². The molecule has 6 nitrogen and oxygen atoms in total. The van der Waals surface area contributed by atoms with E-state index in [-0.39, 0.29) is 18.3 Å². The average Bonchev–Trinajstić information content (AvgIpc) is 3.23. The van der Waals surface area contributed by atoms with Crippen molar-refractivity contribution in [2.24, 2.45) is 0 Å². The van der Waals surface area contributed by atoms with Crippen molar-refractivity contribution in [1.82, 2.24) is 14.8 Å². The minimum absolute atomic E-state index is 0.118. The van der Waals surface area contributed by atoms with Crippen LogP contribution in [0.25, 0.3) is 5.69 Å². The molecule has 1 amide bonds. The van der Waals surface area contributed by atoms with Gasteiger partial charge in [-0.2, -0.15) is 0 Å². The maximum absolute atomic E-state index is 12.5. The summed E-state index contributed by atoms with van der Waals surface area (Å²) in [5.41, 5.74) is 2.50. The summed E-state index contributed by atoms with van der Waals surface area (Å²) in [5, 5.41) is 12.9. The molecule has 0 saturated heterocycles. The summed E-state index contributed by atoms with van der Waals surface area (Å²) < 4.78 is 7.80. The van der Waals surface area contributed by atoms with Gasteiger partial charge in [0.1, 0.15) is 12.4 Å². The van der Waals surface area contributed by atoms with Crippen LogP contribution in [-0.2, 0) is 11.4 Å². The number of para-hydroxylation sites is 1. The van der Waals surface area contributed by atoms with Crippen LogP contribution in [0.2, 0.25) is 10.0 Å². The van der Waals surface area contributed by atoms with Gasteiger partial charge in [-0.1, -0.05) is 70.9 Å². The lowest BCUT2D eigenvalue weighted by Crippen LogP contribution is -2.15. The molecule has 33 heavy (non-hydrogen) atoms. The number of aromatic nitrogens is 3. The average molecular weight is 499 g/mol. The molecule has 0 atom stereocenters. The Hall–Kier alpha value is -3.00. The van der Waals surface area contributed by atoms with Crippen molar-refractivity contribution in [1.29, 1.82) is 0 Å². The maximum atomic E-state index is 12.5. The van der Waals surface area contributed by atoms with Crippen LogP contribution < -0.4 is 10.1 Å². The molecule has 168 valence electrons. The Labute approximate surface area is 205 Å². The van der Waals surface area contributed by atoms with Gasteiger partial charge >= 0.3 is 0 Å². The molecule has 1 aromatic heterocycles. The number of nitrogens with one attached hydrogen (secondary N) is 1. The normalized spacial score (nSPS) is 10.8. The predicted molar refractivity (Wildman–Crippen MR) is 133 cm³/mol. The van der Waals surface area contributed by atoms with Gasteiger partial charge in [0, 0.05) is 10.7 Å². The van der Waals surface area contributed by atoms with Crippen LogP contribution in [-0.4, -0.2) is 26.4 Å². The molecule has 0 fully saturated rings. The van der Waals surface area contributed by atoms with E-state index in [0.29, 0.717) is 26.7 Å². The topological polar surface area (TPSA) is 69.0 Å². The van der Waals surface area contributed by atoms with E-state index in [1.54, 1.807) is 18.2 Å². The van der Waals surface area contributed by atoms with Crippen molar-refractivity contribution >= 4 is 46.6 Å². The largest absolute Gasteiger partial charge is 0.486 e. The highest BCUT2D eigenvalue weighted by Crippen LogP contribution is 2.27. The quantitative estimate of drug-likeness (QED) is 0.293. The van der Waals surface area contributed by atoms with Gasteiger partial charge in [0.05, 0.1) is 16.5 Å². The Morgan fingerprint density at radius 1 is 1.03 bits per heavy atom. The second kappa shape index (κ2) is 10.7. The molecule has 0 spiro atoms. The number of carbonyl (C=O) groups is 1. The Morgan fingerprint density at radius 3 is 2.55 bits per heavy atom. The molecule has 4 aromatic rings. The monoisotopic (exact) mass is 498 g/mol. The first-order valence-electron chi connectivity index (χ1n) is 10.1. The molecule has 0 aliphatic carbocycles. The lowest BCUT2D eigenvalue weighted by molar-refractivity contribution is -0.113. The van der Waals surface area contributed by atoms with E-state index in [9.17, 15) is 4.79 Å². The molecule has 4 rings (SSSR count). The Balaban J connectivity index is 1.49. The molecule has 0 radical (unpaired) electrons. The van der Waals surface area contributed by atoms with Gasteiger partial charge in [0.15, 0.2) is 11.0 Å². The molecule has 1 heterocycles. The maximum Gasteiger partial charge on any atom is 0.234 e. The third kappa shape index (κ3) is 6.07. The van der Waals surface area contributed by atoms with E-state index in [1.807, 2.05) is 66.1 Å². The number of hydrogen-bond acceptors (Lipinski definition) is 5. The lowest BCUT2D eigenvalue weighted by Gasteiger charge is -2.11. The molecule has 0 bridgehead atoms. The van der Waals surface area contributed by atoms with Gasteiger partial charge in [-0.3, -0.25) is 9.36 Å². The first-order valence-corrected chi connectivity index (χ1v) is 11.8. The minimum atomic E-state index is -0.232. The van der Waals surface area contributed by atoms with E-state index in [4.69, 9.17) is 27.9 Å². The molecule has 0 unspecified atom stereocenters. The number of amides is 1. The SMILES string of the molecule is Cc1ccc(OCc2nnc(SCC(=O)Nc3cc(Cl)ccc3Cl)n2-c2ccccc2)cc1. The van der Waals surface area contributed by atoms with Crippen LogP contribution in [0.5, 0.6) is 5.75 Å². The van der Waals surface area contributed by atoms with Crippen LogP contribution in [0.15, 0.2) is 78.0 Å². The number of thioether (sulfide) groups is 1. The first-order chi connectivity index (χ1) is 16.0. The summed E-state index contributed by atoms with van der Waals surface area (Å²) in [6.45, 7) is 2.26. The molecule has 3 aromatic carbocycles. The number of halogens is 2. The van der Waals surface area contributed by atoms with Gasteiger partial charge in [0.2, 0.25) is 5.91 Å². The van der Waals surface area contributed by atoms with Gasteiger partial charge in [-0.15, -0.1) is 10.2 Å². The molecule has 0 aliphatic rings. The number of anilines is 1. The summed E-state index contributed by atoms with van der Waals surface area (Å²) >= 11 is 13.4. The fourth-order valence-electron chi connectivity index (χ4n) is 3.02. The van der Waals surface area contributed by atoms with E-state index in [0.717, 1.165) is 17.0 Å². The number of hydrogen-bond donors (Lipinski definition) is 1. The number of carbonyl (C=O) groups excluding carboxylic acids is 1. The summed E-state index contributed by atoms with van der Waals surface area (Å²) in [6.07, 6.45) is 0. The van der Waals surface area contributed by atoms with Crippen LogP contribution >= 0.6 is 35.0 Å². The predicted octanol–water partition coefficient (Wildman–Crippen LogP) is 6.19. The lowest BCUT2D eigenvalue weighted by atomic mass is 10.2. The van der Waals surface area contributed by atoms with E-state index in [2.05, 4.69) is 15.5 Å². The first kappa shape index (κ1) is 23.2. The summed E-state index contributed by atoms with van der Waals surface area (Å²) in [5.74, 6) is 1.26. The molecule has 9 heteroatoms. The zero-order valence-corrected chi connectivity index (χ0v) is 20.0. The van der Waals surface area contributed by atoms with Crippen molar-refractivity contribution < 1.29 is 9.53 Å². The van der Waals surface area contributed by atoms with E-state index >= 15 is 0 Å². The number of nitrogens with zero attached hydrogens (tertiary/aromatic N) is 3. The van der Waals surface area contributed by atoms with Crippen molar-refractivity contribution in [3.63, 3.8) is 0 Å². The highest BCUT2D eigenvalue weighted by atomic mass is 35.5. The van der Waals surface area contributed by atoms with Gasteiger partial charge < -0.3 is 10.1 Å². The third-order valence-electron chi connectivity index (χ3n) is 4.64. The van der Waals surface area contributed by atoms with E-state index in [1.165, 1.54) is 11.8 Å². The Kier molecular flexibility index (Phi) is 7.54. The van der Waals surface area contributed by atoms with Gasteiger partial charge in [-0.25, -0.2) is 0 Å². The zero-order valence-electron chi connectivity index (χ0n) is 17.7. The van der Waals surface area contributed by atoms with Crippen molar-refractivity contribution in [3.8, 4) is 11.4 Å². The summed E-state index contributed by atoms with van der Waals surface area (Å²) in [6, 6.07) is 22.4. The van der Waals surface area contributed by atoms with Crippen molar-refractivity contribution in [2.45, 2.75) is 18.7 Å². The number of aryl methyl sites for hydroxylation is 1. The molecule has 1 N–H and O–H groups in total. The van der Waals surface area contributed by atoms with Crippen LogP contribution in [0.1, 0.15) is 11.4 Å². The second-order valence-electron chi connectivity index (χ2n) is 7.13. The third-order valence-corrected chi connectivity index (χ3v) is 6.13. The summed E-state index contributed by atoms with van der Waals surface area (Å²) in [7, 11) is 0. The number of rotatable bonds is 8. The second-order valence-corrected chi connectivity index (χ2v) is 8.92. The number of benzene rings is 3. The van der Waals surface area contributed by atoms with E-state index < -0.39 is 0 Å². The summed E-state index contributed by atoms with van der Waals surface area (Å²) in [4.78, 5) is 12.5. The highest BCUT2D eigenvalue weighted by molar-refractivity contribution is 7.99. The van der Waals surface area contributed by atoms with Crippen molar-refractivity contribution in [2.75, 3.05) is 11.1 Å². The molecular formula is C24H20Cl2N4O2S. The van der Waals surface area contributed by atoms with Crippen LogP contribution in [0.4, 0.5) is 5.69 Å². The standard InChI is InChI=1S/C24H20Cl2N4O2S/c1-16-7-10-19(11-8-16)32-14-22-28-29-24(30(22)18-5-3-2-4-6-18)33-15-23(31)27-21-13-17(25)9-12-20(21)26/h2-13H,14-15H2,1H3,(H,27,31). The van der Waals surface area contributed by atoms with Gasteiger partial charge in [0.25, 0.3) is 0 Å². The molecule has 0 saturated carbocycles. The fraction of sp³-hybridized carbons (Fsp3) is 0.125. The molecule has 0 aliphatic heterocycles. The smallest absolute Gasteiger partial charge is 0.234 e. The van der Waals surface area contributed by atoms with Crippen molar-refractivity contribution in [3.05, 3.63) is 94.2 Å². The minimum Gasteiger partial charge on any atom is -0.486 e. The Bertz CT molecular complexity index is 1250. The van der Waals surface area contributed by atoms with Crippen LogP contribution in [0, 0.1) is 6.92 Å². The fourth-order valence-corrected chi connectivity index (χ4v) is 4.12. The van der Waals surface area contributed by atoms with Crippen LogP contribution in [0.3, 0.4) is 0 Å². The Morgan fingerprint density at radius 2 is 1.79 bits per heavy atom. The zero-order chi connectivity index (χ0) is 23.2. The highest BCUT2D eigenvalue weighted by Gasteiger charge is 2.17.